The summed E-state index contributed by atoms with van der Waals surface area (Å²) in [5.74, 6) is -1.04. The molecule has 0 unspecified atom stereocenters. The van der Waals surface area contributed by atoms with Gasteiger partial charge in [-0.25, -0.2) is 13.6 Å². The van der Waals surface area contributed by atoms with Crippen molar-refractivity contribution in [2.24, 2.45) is 10.1 Å². The van der Waals surface area contributed by atoms with E-state index < -0.39 is 21.9 Å². The minimum atomic E-state index is -3.91. The van der Waals surface area contributed by atoms with E-state index in [1.807, 2.05) is 0 Å². The summed E-state index contributed by atoms with van der Waals surface area (Å²) < 4.78 is 30.5. The number of hydrogen-bond donors (Lipinski definition) is 1. The second-order valence-corrected chi connectivity index (χ2v) is 9.72. The van der Waals surface area contributed by atoms with Crippen molar-refractivity contribution in [1.29, 1.82) is 0 Å². The highest BCUT2D eigenvalue weighted by Gasteiger charge is 2.16. The van der Waals surface area contributed by atoms with E-state index in [1.54, 1.807) is 23.6 Å². The molecular formula is C19H17Cl2N3O5S2. The number of rotatable bonds is 6. The van der Waals surface area contributed by atoms with Crippen molar-refractivity contribution in [3.05, 3.63) is 56.8 Å². The number of nitrogens with zero attached hydrogens (tertiary/aromatic N) is 2. The lowest BCUT2D eigenvalue weighted by molar-refractivity contribution is -0.143. The van der Waals surface area contributed by atoms with E-state index in [2.05, 4.69) is 4.99 Å². The Morgan fingerprint density at radius 1 is 1.19 bits per heavy atom. The van der Waals surface area contributed by atoms with Crippen LogP contribution in [-0.4, -0.2) is 31.5 Å². The second-order valence-electron chi connectivity index (χ2n) is 6.31. The van der Waals surface area contributed by atoms with Gasteiger partial charge in [-0.05, 0) is 43.3 Å². The predicted octanol–water partition coefficient (Wildman–Crippen LogP) is 3.35. The number of esters is 1. The van der Waals surface area contributed by atoms with E-state index in [9.17, 15) is 18.0 Å². The normalized spacial score (nSPS) is 12.3. The SMILES string of the molecule is CCOC(=O)CCn1c(=NC(=O)c2cc(Cl)ccc2Cl)sc2cc(S(N)(=O)=O)ccc21. The third-order valence-corrected chi connectivity index (χ3v) is 6.70. The molecule has 1 aromatic heterocycles. The summed E-state index contributed by atoms with van der Waals surface area (Å²) in [5.41, 5.74) is 0.708. The number of aryl methyl sites for hydroxylation is 1. The molecule has 0 bridgehead atoms. The molecule has 1 amide bonds. The number of primary sulfonamides is 1. The zero-order valence-electron chi connectivity index (χ0n) is 16.2. The molecule has 12 heteroatoms. The van der Waals surface area contributed by atoms with Gasteiger partial charge in [-0.3, -0.25) is 9.59 Å². The summed E-state index contributed by atoms with van der Waals surface area (Å²) >= 11 is 13.1. The number of carbonyl (C=O) groups is 2. The molecule has 0 aliphatic carbocycles. The Hall–Kier alpha value is -2.24. The fourth-order valence-corrected chi connectivity index (χ4v) is 4.86. The minimum absolute atomic E-state index is 0.0376. The lowest BCUT2D eigenvalue weighted by Gasteiger charge is -2.06. The minimum Gasteiger partial charge on any atom is -0.466 e. The molecule has 3 rings (SSSR count). The first-order valence-electron chi connectivity index (χ1n) is 8.96. The molecule has 0 aliphatic rings. The van der Waals surface area contributed by atoms with Crippen LogP contribution in [0.2, 0.25) is 10.0 Å². The van der Waals surface area contributed by atoms with E-state index in [-0.39, 0.29) is 39.9 Å². The molecular weight excluding hydrogens is 485 g/mol. The fraction of sp³-hybridized carbons (Fsp3) is 0.211. The van der Waals surface area contributed by atoms with Crippen LogP contribution < -0.4 is 9.94 Å². The standard InChI is InChI=1S/C19H17Cl2N3O5S2/c1-2-29-17(25)7-8-24-15-6-4-12(31(22,27)28)10-16(15)30-19(24)23-18(26)13-9-11(20)3-5-14(13)21/h3-6,9-10H,2,7-8H2,1H3,(H2,22,27,28). The van der Waals surface area contributed by atoms with Gasteiger partial charge in [0.1, 0.15) is 0 Å². The third-order valence-electron chi connectivity index (χ3n) is 4.18. The lowest BCUT2D eigenvalue weighted by atomic mass is 10.2. The number of benzene rings is 2. The van der Waals surface area contributed by atoms with Crippen LogP contribution in [0.5, 0.6) is 0 Å². The topological polar surface area (TPSA) is 121 Å². The summed E-state index contributed by atoms with van der Waals surface area (Å²) in [5, 5.41) is 5.73. The smallest absolute Gasteiger partial charge is 0.307 e. The second kappa shape index (κ2) is 9.49. The van der Waals surface area contributed by atoms with Crippen LogP contribution >= 0.6 is 34.5 Å². The summed E-state index contributed by atoms with van der Waals surface area (Å²) in [6.45, 7) is 2.12. The van der Waals surface area contributed by atoms with Crippen molar-refractivity contribution in [2.75, 3.05) is 6.61 Å². The van der Waals surface area contributed by atoms with Crippen molar-refractivity contribution in [2.45, 2.75) is 24.8 Å². The fourth-order valence-electron chi connectivity index (χ4n) is 2.78. The van der Waals surface area contributed by atoms with Gasteiger partial charge >= 0.3 is 5.97 Å². The summed E-state index contributed by atoms with van der Waals surface area (Å²) in [6.07, 6.45) is 0.0376. The maximum Gasteiger partial charge on any atom is 0.307 e. The molecule has 2 aromatic carbocycles. The van der Waals surface area contributed by atoms with Crippen molar-refractivity contribution >= 4 is 66.7 Å². The highest BCUT2D eigenvalue weighted by molar-refractivity contribution is 7.89. The van der Waals surface area contributed by atoms with Gasteiger partial charge in [0.2, 0.25) is 10.0 Å². The van der Waals surface area contributed by atoms with Crippen molar-refractivity contribution in [1.82, 2.24) is 4.57 Å². The number of fused-ring (bicyclic) bond motifs is 1. The molecule has 0 fully saturated rings. The van der Waals surface area contributed by atoms with Gasteiger partial charge < -0.3 is 9.30 Å². The van der Waals surface area contributed by atoms with Crippen LogP contribution in [0.25, 0.3) is 10.2 Å². The van der Waals surface area contributed by atoms with Crippen molar-refractivity contribution in [3.8, 4) is 0 Å². The summed E-state index contributed by atoms with van der Waals surface area (Å²) in [4.78, 5) is 28.9. The van der Waals surface area contributed by atoms with E-state index in [0.29, 0.717) is 15.2 Å². The molecule has 1 heterocycles. The Kier molecular flexibility index (Phi) is 7.17. The first kappa shape index (κ1) is 23.4. The molecule has 8 nitrogen and oxygen atoms in total. The van der Waals surface area contributed by atoms with Gasteiger partial charge in [0.15, 0.2) is 4.80 Å². The van der Waals surface area contributed by atoms with E-state index in [4.69, 9.17) is 33.1 Å². The monoisotopic (exact) mass is 501 g/mol. The number of sulfonamides is 1. The Morgan fingerprint density at radius 2 is 1.94 bits per heavy atom. The van der Waals surface area contributed by atoms with Gasteiger partial charge in [-0.2, -0.15) is 4.99 Å². The Balaban J connectivity index is 2.14. The highest BCUT2D eigenvalue weighted by Crippen LogP contribution is 2.23. The molecule has 0 saturated carbocycles. The zero-order chi connectivity index (χ0) is 22.8. The van der Waals surface area contributed by atoms with Crippen LogP contribution in [0.15, 0.2) is 46.3 Å². The third kappa shape index (κ3) is 5.52. The maximum absolute atomic E-state index is 12.8. The van der Waals surface area contributed by atoms with Crippen LogP contribution in [0, 0.1) is 0 Å². The van der Waals surface area contributed by atoms with Crippen molar-refractivity contribution < 1.29 is 22.7 Å². The first-order valence-corrected chi connectivity index (χ1v) is 12.1. The molecule has 0 spiro atoms. The Morgan fingerprint density at radius 3 is 2.61 bits per heavy atom. The van der Waals surface area contributed by atoms with E-state index in [1.165, 1.54) is 24.3 Å². The molecule has 0 radical (unpaired) electrons. The maximum atomic E-state index is 12.8. The quantitative estimate of drug-likeness (QED) is 0.519. The zero-order valence-corrected chi connectivity index (χ0v) is 19.3. The Labute approximate surface area is 191 Å². The van der Waals surface area contributed by atoms with Gasteiger partial charge in [-0.1, -0.05) is 34.5 Å². The number of aromatic nitrogens is 1. The van der Waals surface area contributed by atoms with Gasteiger partial charge in [0, 0.05) is 11.6 Å². The van der Waals surface area contributed by atoms with Crippen LogP contribution in [0.3, 0.4) is 0 Å². The van der Waals surface area contributed by atoms with E-state index >= 15 is 0 Å². The molecule has 2 N–H and O–H groups in total. The number of carbonyl (C=O) groups excluding carboxylic acids is 2. The van der Waals surface area contributed by atoms with Crippen LogP contribution in [0.4, 0.5) is 0 Å². The molecule has 31 heavy (non-hydrogen) atoms. The average Bonchev–Trinajstić information content (AvgIpc) is 3.03. The summed E-state index contributed by atoms with van der Waals surface area (Å²) in [7, 11) is -3.91. The van der Waals surface area contributed by atoms with Gasteiger partial charge in [0.05, 0.1) is 38.7 Å². The molecule has 164 valence electrons. The first-order chi connectivity index (χ1) is 14.6. The molecule has 3 aromatic rings. The largest absolute Gasteiger partial charge is 0.466 e. The number of nitrogens with two attached hydrogens (primary N) is 1. The number of hydrogen-bond acceptors (Lipinski definition) is 6. The van der Waals surface area contributed by atoms with Crippen molar-refractivity contribution in [3.63, 3.8) is 0 Å². The number of thiazole rings is 1. The average molecular weight is 502 g/mol. The Bertz CT molecular complexity index is 1350. The molecule has 0 aliphatic heterocycles. The number of ether oxygens (including phenoxy) is 1. The van der Waals surface area contributed by atoms with Crippen LogP contribution in [0.1, 0.15) is 23.7 Å². The molecule has 0 saturated heterocycles. The number of halogens is 2. The van der Waals surface area contributed by atoms with Gasteiger partial charge in [0.25, 0.3) is 5.91 Å². The predicted molar refractivity (Wildman–Crippen MR) is 119 cm³/mol. The highest BCUT2D eigenvalue weighted by atomic mass is 35.5. The summed E-state index contributed by atoms with van der Waals surface area (Å²) in [6, 6.07) is 8.74. The molecule has 0 atom stereocenters. The lowest BCUT2D eigenvalue weighted by Crippen LogP contribution is -2.19. The van der Waals surface area contributed by atoms with E-state index in [0.717, 1.165) is 11.3 Å². The van der Waals surface area contributed by atoms with Gasteiger partial charge in [-0.15, -0.1) is 0 Å². The van der Waals surface area contributed by atoms with Crippen LogP contribution in [-0.2, 0) is 26.1 Å². The number of amides is 1.